The van der Waals surface area contributed by atoms with Gasteiger partial charge in [0, 0.05) is 0 Å². The second-order valence-corrected chi connectivity index (χ2v) is 8.39. The van der Waals surface area contributed by atoms with Crippen LogP contribution in [0.2, 0.25) is 0 Å². The number of nitrogens with zero attached hydrogens (tertiary/aromatic N) is 2. The summed E-state index contributed by atoms with van der Waals surface area (Å²) in [5, 5.41) is 7.72. The van der Waals surface area contributed by atoms with Crippen molar-refractivity contribution < 1.29 is 8.42 Å². The number of nitrogens with one attached hydrogen (secondary N) is 1. The van der Waals surface area contributed by atoms with Gasteiger partial charge < -0.3 is 0 Å². The molecule has 2 aromatic carbocycles. The third kappa shape index (κ3) is 3.01. The minimum absolute atomic E-state index is 0.0272. The molecule has 0 aliphatic rings. The zero-order valence-electron chi connectivity index (χ0n) is 12.1. The summed E-state index contributed by atoms with van der Waals surface area (Å²) < 4.78 is 27.2. The van der Waals surface area contributed by atoms with Crippen LogP contribution in [0.15, 0.2) is 58.6 Å². The number of aryl methyl sites for hydroxylation is 1. The van der Waals surface area contributed by atoms with Crippen LogP contribution >= 0.6 is 24.4 Å². The van der Waals surface area contributed by atoms with E-state index in [-0.39, 0.29) is 14.4 Å². The molecule has 1 aromatic heterocycles. The molecule has 0 unspecified atom stereocenters. The molecule has 0 atom stereocenters. The lowest BCUT2D eigenvalue weighted by atomic mass is 10.2. The van der Waals surface area contributed by atoms with Gasteiger partial charge in [-0.05, 0) is 43.0 Å². The molecule has 23 heavy (non-hydrogen) atoms. The summed E-state index contributed by atoms with van der Waals surface area (Å²) in [6, 6.07) is 13.6. The molecule has 0 radical (unpaired) electrons. The molecule has 0 spiro atoms. The van der Waals surface area contributed by atoms with Gasteiger partial charge in [-0.2, -0.15) is 0 Å². The van der Waals surface area contributed by atoms with Crippen LogP contribution in [0.4, 0.5) is 0 Å². The third-order valence-corrected chi connectivity index (χ3v) is 5.99. The maximum Gasteiger partial charge on any atom is 0.270 e. The summed E-state index contributed by atoms with van der Waals surface area (Å²) in [5.74, 6) is 0. The van der Waals surface area contributed by atoms with Crippen LogP contribution < -0.4 is 0 Å². The first-order chi connectivity index (χ1) is 10.9. The summed E-state index contributed by atoms with van der Waals surface area (Å²) >= 11 is 4.83. The Labute approximate surface area is 143 Å². The van der Waals surface area contributed by atoms with Gasteiger partial charge in [0.1, 0.15) is 4.38 Å². The Bertz CT molecular complexity index is 992. The molecule has 0 fully saturated rings. The fourth-order valence-electron chi connectivity index (χ4n) is 2.18. The molecule has 3 aromatic rings. The van der Waals surface area contributed by atoms with E-state index in [2.05, 4.69) is 17.6 Å². The quantitative estimate of drug-likeness (QED) is 0.323. The number of hydrogen-bond acceptors (Lipinski definition) is 5. The number of para-hydroxylation sites is 2. The lowest BCUT2D eigenvalue weighted by Crippen LogP contribution is -2.14. The molecule has 118 valence electrons. The third-order valence-electron chi connectivity index (χ3n) is 3.24. The average molecular weight is 363 g/mol. The highest BCUT2D eigenvalue weighted by Gasteiger charge is 2.24. The van der Waals surface area contributed by atoms with Crippen molar-refractivity contribution >= 4 is 49.8 Å². The van der Waals surface area contributed by atoms with Crippen LogP contribution in [-0.2, 0) is 10.0 Å². The number of benzene rings is 2. The zero-order chi connectivity index (χ0) is 16.6. The predicted octanol–water partition coefficient (Wildman–Crippen LogP) is 3.54. The predicted molar refractivity (Wildman–Crippen MR) is 96.1 cm³/mol. The fraction of sp³-hybridized carbons (Fsp3) is 0.0667. The summed E-state index contributed by atoms with van der Waals surface area (Å²) in [6.45, 7) is 1.90. The van der Waals surface area contributed by atoms with Crippen LogP contribution in [0.5, 0.6) is 0 Å². The minimum atomic E-state index is -3.81. The van der Waals surface area contributed by atoms with Gasteiger partial charge >= 0.3 is 0 Å². The van der Waals surface area contributed by atoms with Crippen molar-refractivity contribution in [3.8, 4) is 0 Å². The highest BCUT2D eigenvalue weighted by Crippen LogP contribution is 2.29. The average Bonchev–Trinajstić information content (AvgIpc) is 2.85. The van der Waals surface area contributed by atoms with Gasteiger partial charge in [-0.15, -0.1) is 12.6 Å². The van der Waals surface area contributed by atoms with Gasteiger partial charge in [-0.25, -0.2) is 17.4 Å². The molecular weight excluding hydrogens is 350 g/mol. The smallest absolute Gasteiger partial charge is 0.270 e. The first-order valence-electron chi connectivity index (χ1n) is 6.65. The standard InChI is InChI=1S/C15H13N3O2S3/c1-10-6-8-11(9-7-10)23(19,20)18-13-5-3-2-4-12(13)17-15(18)22-14(16)21/h2-9H,1H3,(H2,16,21). The summed E-state index contributed by atoms with van der Waals surface area (Å²) in [6.07, 6.45) is 0. The number of aromatic nitrogens is 2. The fourth-order valence-corrected chi connectivity index (χ4v) is 4.68. The lowest BCUT2D eigenvalue weighted by Gasteiger charge is -2.10. The van der Waals surface area contributed by atoms with Crippen molar-refractivity contribution in [3.05, 3.63) is 54.1 Å². The number of thiol groups is 1. The summed E-state index contributed by atoms with van der Waals surface area (Å²) in [7, 11) is -3.81. The molecule has 5 nitrogen and oxygen atoms in total. The van der Waals surface area contributed by atoms with Gasteiger partial charge in [0.2, 0.25) is 0 Å². The number of imidazole rings is 1. The summed E-state index contributed by atoms with van der Waals surface area (Å²) in [4.78, 5) is 4.50. The minimum Gasteiger partial charge on any atom is -0.288 e. The second kappa shape index (κ2) is 6.03. The summed E-state index contributed by atoms with van der Waals surface area (Å²) in [5.41, 5.74) is 2.01. The first-order valence-corrected chi connectivity index (χ1v) is 9.35. The Morgan fingerprint density at radius 2 is 1.83 bits per heavy atom. The Hall–Kier alpha value is -1.77. The highest BCUT2D eigenvalue weighted by molar-refractivity contribution is 8.32. The maximum atomic E-state index is 13.0. The first kappa shape index (κ1) is 16.1. The van der Waals surface area contributed by atoms with Crippen LogP contribution in [0.3, 0.4) is 0 Å². The van der Waals surface area contributed by atoms with Gasteiger partial charge in [0.25, 0.3) is 10.0 Å². The Kier molecular flexibility index (Phi) is 4.22. The van der Waals surface area contributed by atoms with E-state index in [1.54, 1.807) is 48.5 Å². The van der Waals surface area contributed by atoms with Crippen LogP contribution in [0.1, 0.15) is 5.56 Å². The van der Waals surface area contributed by atoms with Gasteiger partial charge in [-0.3, -0.25) is 5.41 Å². The van der Waals surface area contributed by atoms with E-state index in [0.29, 0.717) is 11.0 Å². The monoisotopic (exact) mass is 363 g/mol. The number of fused-ring (bicyclic) bond motifs is 1. The zero-order valence-corrected chi connectivity index (χ0v) is 14.6. The van der Waals surface area contributed by atoms with E-state index in [4.69, 9.17) is 5.41 Å². The van der Waals surface area contributed by atoms with E-state index >= 15 is 0 Å². The molecule has 0 saturated heterocycles. The molecular formula is C15H13N3O2S3. The molecule has 0 saturated carbocycles. The van der Waals surface area contributed by atoms with Crippen molar-refractivity contribution in [1.29, 1.82) is 5.41 Å². The van der Waals surface area contributed by atoms with Crippen molar-refractivity contribution in [2.24, 2.45) is 0 Å². The van der Waals surface area contributed by atoms with Crippen LogP contribution in [0.25, 0.3) is 11.0 Å². The topological polar surface area (TPSA) is 75.8 Å². The van der Waals surface area contributed by atoms with Crippen molar-refractivity contribution in [2.45, 2.75) is 17.0 Å². The molecule has 1 N–H and O–H groups in total. The van der Waals surface area contributed by atoms with Crippen molar-refractivity contribution in [1.82, 2.24) is 8.96 Å². The van der Waals surface area contributed by atoms with E-state index in [1.807, 2.05) is 6.92 Å². The number of rotatable bonds is 3. The highest BCUT2D eigenvalue weighted by atomic mass is 32.2. The van der Waals surface area contributed by atoms with Gasteiger partial charge in [0.05, 0.1) is 15.9 Å². The maximum absolute atomic E-state index is 13.0. The van der Waals surface area contributed by atoms with E-state index in [1.165, 1.54) is 3.97 Å². The molecule has 8 heteroatoms. The Morgan fingerprint density at radius 1 is 1.17 bits per heavy atom. The van der Waals surface area contributed by atoms with Gasteiger partial charge in [0.15, 0.2) is 5.16 Å². The molecule has 0 bridgehead atoms. The van der Waals surface area contributed by atoms with E-state index in [9.17, 15) is 8.42 Å². The molecule has 1 heterocycles. The van der Waals surface area contributed by atoms with Crippen molar-refractivity contribution in [2.75, 3.05) is 0 Å². The number of hydrogen-bond donors (Lipinski definition) is 2. The van der Waals surface area contributed by atoms with Crippen LogP contribution in [0, 0.1) is 12.3 Å². The Morgan fingerprint density at radius 3 is 2.48 bits per heavy atom. The van der Waals surface area contributed by atoms with E-state index < -0.39 is 10.0 Å². The normalized spacial score (nSPS) is 11.7. The van der Waals surface area contributed by atoms with Gasteiger partial charge in [-0.1, -0.05) is 29.8 Å². The SMILES string of the molecule is Cc1ccc(S(=O)(=O)n2c(SC(=N)S)nc3ccccc32)cc1. The number of thioether (sulfide) groups is 1. The largest absolute Gasteiger partial charge is 0.288 e. The van der Waals surface area contributed by atoms with Crippen molar-refractivity contribution in [3.63, 3.8) is 0 Å². The Balaban J connectivity index is 2.28. The lowest BCUT2D eigenvalue weighted by molar-refractivity contribution is 0.584. The van der Waals surface area contributed by atoms with E-state index in [0.717, 1.165) is 17.3 Å². The van der Waals surface area contributed by atoms with Crippen LogP contribution in [-0.4, -0.2) is 21.7 Å². The molecule has 0 aliphatic carbocycles. The molecule has 3 rings (SSSR count). The molecule has 0 aliphatic heterocycles. The second-order valence-electron chi connectivity index (χ2n) is 4.87. The molecule has 0 amide bonds.